The first-order valence-electron chi connectivity index (χ1n) is 6.66. The molecule has 0 bridgehead atoms. The van der Waals surface area contributed by atoms with Gasteiger partial charge in [-0.05, 0) is 30.7 Å². The second kappa shape index (κ2) is 6.76. The van der Waals surface area contributed by atoms with Gasteiger partial charge in [-0.25, -0.2) is 4.68 Å². The maximum atomic E-state index is 12.1. The van der Waals surface area contributed by atoms with Crippen LogP contribution in [0.25, 0.3) is 5.69 Å². The molecule has 22 heavy (non-hydrogen) atoms. The molecule has 2 aromatic rings. The maximum absolute atomic E-state index is 12.1. The van der Waals surface area contributed by atoms with Crippen LogP contribution in [-0.2, 0) is 0 Å². The SMILES string of the molecule is CCCC(I)c1cc(N)n(-c2ccc(OC(F)(F)F)cc2)n1. The molecule has 0 radical (unpaired) electrons. The molecular weight excluding hydrogens is 410 g/mol. The molecule has 8 heteroatoms. The highest BCUT2D eigenvalue weighted by Gasteiger charge is 2.31. The van der Waals surface area contributed by atoms with Crippen LogP contribution >= 0.6 is 22.6 Å². The van der Waals surface area contributed by atoms with Crippen molar-refractivity contribution in [3.63, 3.8) is 0 Å². The number of nitrogen functional groups attached to an aromatic ring is 1. The third-order valence-electron chi connectivity index (χ3n) is 2.93. The van der Waals surface area contributed by atoms with E-state index in [1.165, 1.54) is 28.9 Å². The topological polar surface area (TPSA) is 53.1 Å². The molecule has 1 heterocycles. The molecule has 0 aliphatic rings. The van der Waals surface area contributed by atoms with E-state index in [4.69, 9.17) is 5.73 Å². The molecular formula is C14H15F3IN3O. The lowest BCUT2D eigenvalue weighted by Crippen LogP contribution is -2.17. The summed E-state index contributed by atoms with van der Waals surface area (Å²) in [7, 11) is 0. The van der Waals surface area contributed by atoms with Gasteiger partial charge in [-0.1, -0.05) is 35.9 Å². The number of rotatable bonds is 5. The van der Waals surface area contributed by atoms with Crippen LogP contribution in [0.5, 0.6) is 5.75 Å². The molecule has 0 aliphatic carbocycles. The van der Waals surface area contributed by atoms with Crippen molar-refractivity contribution in [2.45, 2.75) is 30.1 Å². The third kappa shape index (κ3) is 4.28. The predicted molar refractivity (Wildman–Crippen MR) is 86.3 cm³/mol. The number of hydrogen-bond donors (Lipinski definition) is 1. The summed E-state index contributed by atoms with van der Waals surface area (Å²) in [6.07, 6.45) is -2.69. The lowest BCUT2D eigenvalue weighted by molar-refractivity contribution is -0.274. The molecule has 0 spiro atoms. The molecule has 0 saturated heterocycles. The first-order chi connectivity index (χ1) is 10.3. The Morgan fingerprint density at radius 3 is 2.50 bits per heavy atom. The molecule has 2 N–H and O–H groups in total. The van der Waals surface area contributed by atoms with E-state index in [0.29, 0.717) is 11.5 Å². The van der Waals surface area contributed by atoms with Crippen molar-refractivity contribution in [3.05, 3.63) is 36.0 Å². The van der Waals surface area contributed by atoms with Crippen molar-refractivity contribution in [1.82, 2.24) is 9.78 Å². The maximum Gasteiger partial charge on any atom is 0.573 e. The van der Waals surface area contributed by atoms with E-state index in [9.17, 15) is 13.2 Å². The Hall–Kier alpha value is -1.45. The highest BCUT2D eigenvalue weighted by Crippen LogP contribution is 2.30. The van der Waals surface area contributed by atoms with E-state index in [2.05, 4.69) is 39.4 Å². The molecule has 120 valence electrons. The van der Waals surface area contributed by atoms with E-state index in [1.807, 2.05) is 0 Å². The van der Waals surface area contributed by atoms with Crippen molar-refractivity contribution in [1.29, 1.82) is 0 Å². The normalized spacial score (nSPS) is 13.1. The fourth-order valence-electron chi connectivity index (χ4n) is 1.96. The Morgan fingerprint density at radius 1 is 1.32 bits per heavy atom. The Morgan fingerprint density at radius 2 is 1.95 bits per heavy atom. The lowest BCUT2D eigenvalue weighted by Gasteiger charge is -2.10. The highest BCUT2D eigenvalue weighted by atomic mass is 127. The summed E-state index contributed by atoms with van der Waals surface area (Å²) in [4.78, 5) is 0. The number of nitrogens with two attached hydrogens (primary N) is 1. The van der Waals surface area contributed by atoms with Gasteiger partial charge in [0, 0.05) is 6.07 Å². The first kappa shape index (κ1) is 16.9. The summed E-state index contributed by atoms with van der Waals surface area (Å²) in [6, 6.07) is 7.22. The molecule has 0 aliphatic heterocycles. The molecule has 1 aromatic carbocycles. The van der Waals surface area contributed by atoms with Gasteiger partial charge in [0.15, 0.2) is 0 Å². The Labute approximate surface area is 139 Å². The van der Waals surface area contributed by atoms with Gasteiger partial charge in [0.05, 0.1) is 15.3 Å². The molecule has 2 rings (SSSR count). The van der Waals surface area contributed by atoms with E-state index in [0.717, 1.165) is 18.5 Å². The number of halogens is 4. The number of benzene rings is 1. The Balaban J connectivity index is 2.21. The molecule has 1 aromatic heterocycles. The number of alkyl halides is 4. The number of nitrogens with zero attached hydrogens (tertiary/aromatic N) is 2. The minimum absolute atomic E-state index is 0.249. The summed E-state index contributed by atoms with van der Waals surface area (Å²) < 4.78 is 42.0. The van der Waals surface area contributed by atoms with Gasteiger partial charge >= 0.3 is 6.36 Å². The van der Waals surface area contributed by atoms with Crippen LogP contribution in [0.3, 0.4) is 0 Å². The summed E-state index contributed by atoms with van der Waals surface area (Å²) >= 11 is 2.30. The van der Waals surface area contributed by atoms with Crippen LogP contribution in [0.4, 0.5) is 19.0 Å². The molecule has 1 unspecified atom stereocenters. The van der Waals surface area contributed by atoms with E-state index in [1.54, 1.807) is 6.07 Å². The third-order valence-corrected chi connectivity index (χ3v) is 4.19. The van der Waals surface area contributed by atoms with Gasteiger partial charge in [-0.3, -0.25) is 0 Å². The lowest BCUT2D eigenvalue weighted by atomic mass is 10.2. The molecule has 0 amide bonds. The average molecular weight is 425 g/mol. The largest absolute Gasteiger partial charge is 0.573 e. The number of hydrogen-bond acceptors (Lipinski definition) is 3. The van der Waals surface area contributed by atoms with Crippen molar-refractivity contribution < 1.29 is 17.9 Å². The van der Waals surface area contributed by atoms with Crippen LogP contribution in [0.15, 0.2) is 30.3 Å². The van der Waals surface area contributed by atoms with E-state index < -0.39 is 6.36 Å². The monoisotopic (exact) mass is 425 g/mol. The van der Waals surface area contributed by atoms with Crippen LogP contribution in [0, 0.1) is 0 Å². The minimum atomic E-state index is -4.70. The Bertz CT molecular complexity index is 625. The van der Waals surface area contributed by atoms with Gasteiger partial charge in [0.25, 0.3) is 0 Å². The van der Waals surface area contributed by atoms with Crippen LogP contribution < -0.4 is 10.5 Å². The summed E-state index contributed by atoms with van der Waals surface area (Å²) in [6.45, 7) is 2.09. The van der Waals surface area contributed by atoms with Crippen molar-refractivity contribution in [3.8, 4) is 11.4 Å². The van der Waals surface area contributed by atoms with Gasteiger partial charge in [0.1, 0.15) is 11.6 Å². The second-order valence-electron chi connectivity index (χ2n) is 4.70. The average Bonchev–Trinajstić information content (AvgIpc) is 2.80. The number of ether oxygens (including phenoxy) is 1. The number of aromatic nitrogens is 2. The van der Waals surface area contributed by atoms with Crippen LogP contribution in [0.2, 0.25) is 0 Å². The van der Waals surface area contributed by atoms with Gasteiger partial charge in [-0.2, -0.15) is 5.10 Å². The molecule has 1 atom stereocenters. The molecule has 0 fully saturated rings. The number of anilines is 1. The fraction of sp³-hybridized carbons (Fsp3) is 0.357. The molecule has 4 nitrogen and oxygen atoms in total. The van der Waals surface area contributed by atoms with Crippen molar-refractivity contribution >= 4 is 28.4 Å². The minimum Gasteiger partial charge on any atom is -0.406 e. The van der Waals surface area contributed by atoms with Crippen molar-refractivity contribution in [2.24, 2.45) is 0 Å². The molecule has 0 saturated carbocycles. The van der Waals surface area contributed by atoms with Gasteiger partial charge in [-0.15, -0.1) is 13.2 Å². The highest BCUT2D eigenvalue weighted by molar-refractivity contribution is 14.1. The van der Waals surface area contributed by atoms with Crippen LogP contribution in [-0.4, -0.2) is 16.1 Å². The van der Waals surface area contributed by atoms with Gasteiger partial charge < -0.3 is 10.5 Å². The smallest absolute Gasteiger partial charge is 0.406 e. The first-order valence-corrected chi connectivity index (χ1v) is 7.90. The Kier molecular flexibility index (Phi) is 5.20. The zero-order chi connectivity index (χ0) is 16.3. The quantitative estimate of drug-likeness (QED) is 0.562. The second-order valence-corrected chi connectivity index (χ2v) is 6.21. The summed E-state index contributed by atoms with van der Waals surface area (Å²) in [5.74, 6) is 0.164. The van der Waals surface area contributed by atoms with E-state index in [-0.39, 0.29) is 9.67 Å². The summed E-state index contributed by atoms with van der Waals surface area (Å²) in [5.41, 5.74) is 7.37. The van der Waals surface area contributed by atoms with Crippen LogP contribution in [0.1, 0.15) is 29.4 Å². The standard InChI is InChI=1S/C14H15F3IN3O/c1-2-3-11(18)12-8-13(19)21(20-12)9-4-6-10(7-5-9)22-14(15,16)17/h4-8,11H,2-3,19H2,1H3. The van der Waals surface area contributed by atoms with E-state index >= 15 is 0 Å². The predicted octanol–water partition coefficient (Wildman–Crippen LogP) is 4.63. The zero-order valence-electron chi connectivity index (χ0n) is 11.8. The zero-order valence-corrected chi connectivity index (χ0v) is 13.9. The fourth-order valence-corrected chi connectivity index (χ4v) is 2.89. The van der Waals surface area contributed by atoms with Crippen molar-refractivity contribution in [2.75, 3.05) is 5.73 Å². The van der Waals surface area contributed by atoms with Gasteiger partial charge in [0.2, 0.25) is 0 Å². The summed E-state index contributed by atoms with van der Waals surface area (Å²) in [5, 5.41) is 4.42.